The van der Waals surface area contributed by atoms with Crippen LogP contribution in [-0.2, 0) is 4.74 Å². The molecule has 0 radical (unpaired) electrons. The summed E-state index contributed by atoms with van der Waals surface area (Å²) in [7, 11) is 0. The van der Waals surface area contributed by atoms with Gasteiger partial charge < -0.3 is 14.4 Å². The highest BCUT2D eigenvalue weighted by Gasteiger charge is 2.34. The van der Waals surface area contributed by atoms with E-state index >= 15 is 0 Å². The Hall–Kier alpha value is -0.940. The van der Waals surface area contributed by atoms with Crippen molar-refractivity contribution in [3.8, 4) is 5.75 Å². The second-order valence-electron chi connectivity index (χ2n) is 6.68. The average molecular weight is 405 g/mol. The Bertz CT molecular complexity index is 555. The van der Waals surface area contributed by atoms with Gasteiger partial charge in [0.05, 0.1) is 11.6 Å². The van der Waals surface area contributed by atoms with Crippen LogP contribution in [0.5, 0.6) is 5.75 Å². The number of carbonyl (C=O) groups excluding carboxylic acids is 1. The summed E-state index contributed by atoms with van der Waals surface area (Å²) in [6, 6.07) is 5.84. The van der Waals surface area contributed by atoms with Crippen molar-refractivity contribution in [1.82, 2.24) is 4.90 Å². The van der Waals surface area contributed by atoms with Gasteiger partial charge in [0.2, 0.25) is 0 Å². The average Bonchev–Trinajstić information content (AvgIpc) is 3.23. The van der Waals surface area contributed by atoms with Crippen LogP contribution in [0, 0.1) is 0 Å². The van der Waals surface area contributed by atoms with Crippen LogP contribution in [0.15, 0.2) is 22.7 Å². The Morgan fingerprint density at radius 1 is 1.39 bits per heavy atom. The highest BCUT2D eigenvalue weighted by molar-refractivity contribution is 9.10. The summed E-state index contributed by atoms with van der Waals surface area (Å²) in [5.41, 5.74) is -0.467. The van der Waals surface area contributed by atoms with Gasteiger partial charge in [0.15, 0.2) is 0 Å². The normalized spacial score (nSPS) is 14.5. The molecule has 0 aliphatic heterocycles. The standard InChI is InChI=1S/C17H23BrClNO3/c1-17(2,3)23-16(21)20(13-6-7-13)9-4-10-22-15-8-5-12(18)11-14(15)19/h5,8,11,13H,4,6-7,9-10H2,1-3H3. The summed E-state index contributed by atoms with van der Waals surface area (Å²) in [5, 5.41) is 0.575. The summed E-state index contributed by atoms with van der Waals surface area (Å²) >= 11 is 9.48. The lowest BCUT2D eigenvalue weighted by Gasteiger charge is -2.27. The van der Waals surface area contributed by atoms with Gasteiger partial charge in [-0.1, -0.05) is 27.5 Å². The largest absolute Gasteiger partial charge is 0.492 e. The van der Waals surface area contributed by atoms with Crippen molar-refractivity contribution in [2.24, 2.45) is 0 Å². The van der Waals surface area contributed by atoms with E-state index in [1.54, 1.807) is 6.07 Å². The van der Waals surface area contributed by atoms with E-state index in [-0.39, 0.29) is 6.09 Å². The van der Waals surface area contributed by atoms with Gasteiger partial charge in [0.25, 0.3) is 0 Å². The zero-order chi connectivity index (χ0) is 17.0. The van der Waals surface area contributed by atoms with Crippen molar-refractivity contribution in [2.75, 3.05) is 13.2 Å². The number of benzene rings is 1. The molecule has 1 amide bonds. The first-order valence-corrected chi connectivity index (χ1v) is 9.01. The third-order valence-corrected chi connectivity index (χ3v) is 4.10. The molecule has 1 fully saturated rings. The predicted octanol–water partition coefficient (Wildman–Crippen LogP) is 5.27. The molecule has 0 unspecified atom stereocenters. The van der Waals surface area contributed by atoms with Crippen LogP contribution < -0.4 is 4.74 Å². The van der Waals surface area contributed by atoms with Crippen LogP contribution in [0.1, 0.15) is 40.0 Å². The maximum Gasteiger partial charge on any atom is 0.410 e. The third kappa shape index (κ3) is 6.22. The predicted molar refractivity (Wildman–Crippen MR) is 95.2 cm³/mol. The van der Waals surface area contributed by atoms with Gasteiger partial charge in [0, 0.05) is 17.1 Å². The van der Waals surface area contributed by atoms with Gasteiger partial charge in [-0.3, -0.25) is 0 Å². The summed E-state index contributed by atoms with van der Waals surface area (Å²) < 4.78 is 12.1. The van der Waals surface area contributed by atoms with E-state index < -0.39 is 5.60 Å². The molecule has 0 spiro atoms. The molecule has 0 heterocycles. The Labute approximate surface area is 151 Å². The SMILES string of the molecule is CC(C)(C)OC(=O)N(CCCOc1ccc(Br)cc1Cl)C1CC1. The summed E-state index contributed by atoms with van der Waals surface area (Å²) in [4.78, 5) is 14.0. The molecule has 6 heteroatoms. The van der Waals surface area contributed by atoms with Crippen LogP contribution in [-0.4, -0.2) is 35.8 Å². The van der Waals surface area contributed by atoms with E-state index in [1.807, 2.05) is 37.8 Å². The quantitative estimate of drug-likeness (QED) is 0.606. The second kappa shape index (κ2) is 7.75. The first-order valence-electron chi connectivity index (χ1n) is 7.84. The molecule has 0 aromatic heterocycles. The monoisotopic (exact) mass is 403 g/mol. The van der Waals surface area contributed by atoms with Crippen molar-refractivity contribution in [1.29, 1.82) is 0 Å². The molecule has 4 nitrogen and oxygen atoms in total. The van der Waals surface area contributed by atoms with E-state index in [0.29, 0.717) is 30.0 Å². The number of hydrogen-bond donors (Lipinski definition) is 0. The third-order valence-electron chi connectivity index (χ3n) is 3.31. The summed E-state index contributed by atoms with van der Waals surface area (Å²) in [6.07, 6.45) is 2.61. The van der Waals surface area contributed by atoms with Crippen LogP contribution in [0.4, 0.5) is 4.79 Å². The lowest BCUT2D eigenvalue weighted by Crippen LogP contribution is -2.39. The molecule has 23 heavy (non-hydrogen) atoms. The fraction of sp³-hybridized carbons (Fsp3) is 0.588. The van der Waals surface area contributed by atoms with Crippen molar-refractivity contribution < 1.29 is 14.3 Å². The molecule has 0 bridgehead atoms. The van der Waals surface area contributed by atoms with E-state index in [1.165, 1.54) is 0 Å². The maximum absolute atomic E-state index is 12.2. The maximum atomic E-state index is 12.2. The van der Waals surface area contributed by atoms with Gasteiger partial charge in [-0.15, -0.1) is 0 Å². The number of carbonyl (C=O) groups is 1. The van der Waals surface area contributed by atoms with E-state index in [9.17, 15) is 4.79 Å². The first kappa shape index (κ1) is 18.4. The second-order valence-corrected chi connectivity index (χ2v) is 8.00. The molecule has 1 saturated carbocycles. The van der Waals surface area contributed by atoms with Crippen molar-refractivity contribution in [2.45, 2.75) is 51.7 Å². The van der Waals surface area contributed by atoms with E-state index in [4.69, 9.17) is 21.1 Å². The highest BCUT2D eigenvalue weighted by Crippen LogP contribution is 2.29. The van der Waals surface area contributed by atoms with Gasteiger partial charge in [-0.2, -0.15) is 0 Å². The Morgan fingerprint density at radius 3 is 2.65 bits per heavy atom. The number of ether oxygens (including phenoxy) is 2. The lowest BCUT2D eigenvalue weighted by molar-refractivity contribution is 0.0225. The van der Waals surface area contributed by atoms with E-state index in [0.717, 1.165) is 23.7 Å². The molecule has 0 saturated heterocycles. The molecule has 2 rings (SSSR count). The number of halogens is 2. The van der Waals surface area contributed by atoms with Crippen LogP contribution in [0.25, 0.3) is 0 Å². The van der Waals surface area contributed by atoms with Gasteiger partial charge in [-0.25, -0.2) is 4.79 Å². The lowest BCUT2D eigenvalue weighted by atomic mass is 10.2. The topological polar surface area (TPSA) is 38.8 Å². The zero-order valence-corrected chi connectivity index (χ0v) is 16.1. The molecule has 1 aromatic rings. The minimum Gasteiger partial charge on any atom is -0.492 e. The van der Waals surface area contributed by atoms with Gasteiger partial charge in [0.1, 0.15) is 11.4 Å². The molecular formula is C17H23BrClNO3. The Morgan fingerprint density at radius 2 is 2.09 bits per heavy atom. The van der Waals surface area contributed by atoms with Gasteiger partial charge >= 0.3 is 6.09 Å². The minimum atomic E-state index is -0.467. The van der Waals surface area contributed by atoms with Crippen LogP contribution in [0.2, 0.25) is 5.02 Å². The smallest absolute Gasteiger partial charge is 0.410 e. The first-order chi connectivity index (χ1) is 10.8. The molecule has 1 aromatic carbocycles. The number of rotatable bonds is 6. The molecule has 1 aliphatic carbocycles. The number of hydrogen-bond acceptors (Lipinski definition) is 3. The minimum absolute atomic E-state index is 0.235. The van der Waals surface area contributed by atoms with Crippen LogP contribution >= 0.6 is 27.5 Å². The summed E-state index contributed by atoms with van der Waals surface area (Å²) in [6.45, 7) is 6.79. The van der Waals surface area contributed by atoms with Gasteiger partial charge in [-0.05, 0) is 58.2 Å². The molecule has 0 atom stereocenters. The number of nitrogens with zero attached hydrogens (tertiary/aromatic N) is 1. The van der Waals surface area contributed by atoms with Crippen molar-refractivity contribution in [3.63, 3.8) is 0 Å². The number of amides is 1. The van der Waals surface area contributed by atoms with Crippen molar-refractivity contribution >= 4 is 33.6 Å². The molecule has 0 N–H and O–H groups in total. The Kier molecular flexibility index (Phi) is 6.20. The fourth-order valence-corrected chi connectivity index (χ4v) is 2.87. The molecule has 128 valence electrons. The molecule has 1 aliphatic rings. The highest BCUT2D eigenvalue weighted by atomic mass is 79.9. The Balaban J connectivity index is 1.79. The zero-order valence-electron chi connectivity index (χ0n) is 13.8. The van der Waals surface area contributed by atoms with Crippen LogP contribution in [0.3, 0.4) is 0 Å². The van der Waals surface area contributed by atoms with E-state index in [2.05, 4.69) is 15.9 Å². The fourth-order valence-electron chi connectivity index (χ4n) is 2.14. The summed E-state index contributed by atoms with van der Waals surface area (Å²) in [5.74, 6) is 0.658. The molecular weight excluding hydrogens is 382 g/mol. The van der Waals surface area contributed by atoms with Crippen molar-refractivity contribution in [3.05, 3.63) is 27.7 Å².